The predicted octanol–water partition coefficient (Wildman–Crippen LogP) is 6.24. The molecule has 1 unspecified atom stereocenters. The molecule has 0 fully saturated rings. The number of fused-ring (bicyclic) bond motifs is 4. The topological polar surface area (TPSA) is 34.4 Å². The molecule has 3 nitrogen and oxygen atoms in total. The van der Waals surface area contributed by atoms with Crippen LogP contribution in [0.2, 0.25) is 5.02 Å². The van der Waals surface area contributed by atoms with Gasteiger partial charge in [-0.1, -0.05) is 41.9 Å². The normalized spacial score (nSPS) is 16.9. The summed E-state index contributed by atoms with van der Waals surface area (Å²) in [4.78, 5) is 0. The van der Waals surface area contributed by atoms with Crippen LogP contribution in [0.4, 0.5) is 0 Å². The zero-order valence-electron chi connectivity index (χ0n) is 14.9. The lowest BCUT2D eigenvalue weighted by atomic mass is 10.0. The summed E-state index contributed by atoms with van der Waals surface area (Å²) in [5.41, 5.74) is 4.30. The van der Waals surface area contributed by atoms with Crippen molar-refractivity contribution in [2.75, 3.05) is 6.61 Å². The summed E-state index contributed by atoms with van der Waals surface area (Å²) in [6, 6.07) is 20.8. The molecule has 1 aromatic heterocycles. The van der Waals surface area contributed by atoms with Crippen molar-refractivity contribution in [1.82, 2.24) is 5.32 Å². The van der Waals surface area contributed by atoms with Crippen LogP contribution in [0.5, 0.6) is 5.75 Å². The van der Waals surface area contributed by atoms with E-state index in [1.165, 1.54) is 16.5 Å². The molecule has 1 aliphatic heterocycles. The molecule has 1 aliphatic rings. The smallest absolute Gasteiger partial charge is 0.135 e. The second-order valence-electron chi connectivity index (χ2n) is 7.04. The van der Waals surface area contributed by atoms with Crippen molar-refractivity contribution in [3.05, 3.63) is 76.8 Å². The lowest BCUT2D eigenvalue weighted by molar-refractivity contribution is 0.315. The molecule has 4 heteroatoms. The number of nitrogens with one attached hydrogen (secondary N) is 1. The number of ether oxygens (including phenoxy) is 1. The number of para-hydroxylation sites is 1. The van der Waals surface area contributed by atoms with E-state index in [9.17, 15) is 0 Å². The Morgan fingerprint density at radius 3 is 2.81 bits per heavy atom. The number of hydrogen-bond donors (Lipinski definition) is 1. The first-order chi connectivity index (χ1) is 13.3. The summed E-state index contributed by atoms with van der Waals surface area (Å²) in [6.07, 6.45) is 2.07. The largest absolute Gasteiger partial charge is 0.493 e. The fraction of sp³-hybridized carbons (Fsp3) is 0.217. The monoisotopic (exact) mass is 377 g/mol. The average molecular weight is 378 g/mol. The second-order valence-corrected chi connectivity index (χ2v) is 7.47. The number of rotatable bonds is 3. The van der Waals surface area contributed by atoms with E-state index in [0.717, 1.165) is 48.3 Å². The first-order valence-corrected chi connectivity index (χ1v) is 9.71. The van der Waals surface area contributed by atoms with Crippen molar-refractivity contribution in [2.24, 2.45) is 0 Å². The molecule has 3 aromatic carbocycles. The molecule has 4 aromatic rings. The Morgan fingerprint density at radius 2 is 1.85 bits per heavy atom. The van der Waals surface area contributed by atoms with E-state index in [0.29, 0.717) is 5.02 Å². The molecule has 1 N–H and O–H groups in total. The Kier molecular flexibility index (Phi) is 4.27. The highest BCUT2D eigenvalue weighted by Gasteiger charge is 2.19. The molecule has 2 heterocycles. The lowest BCUT2D eigenvalue weighted by Crippen LogP contribution is -2.20. The molecule has 1 atom stereocenters. The van der Waals surface area contributed by atoms with Crippen LogP contribution in [-0.2, 0) is 6.54 Å². The highest BCUT2D eigenvalue weighted by molar-refractivity contribution is 6.30. The molecule has 5 rings (SSSR count). The molecular weight excluding hydrogens is 358 g/mol. The molecule has 0 aliphatic carbocycles. The third-order valence-corrected chi connectivity index (χ3v) is 5.47. The minimum atomic E-state index is 0.261. The average Bonchev–Trinajstić information content (AvgIpc) is 2.93. The zero-order valence-corrected chi connectivity index (χ0v) is 15.6. The van der Waals surface area contributed by atoms with Gasteiger partial charge in [-0.25, -0.2) is 0 Å². The predicted molar refractivity (Wildman–Crippen MR) is 109 cm³/mol. The third-order valence-electron chi connectivity index (χ3n) is 5.24. The number of hydrogen-bond acceptors (Lipinski definition) is 3. The Bertz CT molecular complexity index is 1120. The summed E-state index contributed by atoms with van der Waals surface area (Å²) >= 11 is 6.13. The van der Waals surface area contributed by atoms with E-state index in [1.807, 2.05) is 24.3 Å². The fourth-order valence-electron chi connectivity index (χ4n) is 3.88. The van der Waals surface area contributed by atoms with Crippen molar-refractivity contribution in [3.8, 4) is 5.75 Å². The zero-order chi connectivity index (χ0) is 18.2. The molecule has 136 valence electrons. The summed E-state index contributed by atoms with van der Waals surface area (Å²) < 4.78 is 11.8. The van der Waals surface area contributed by atoms with Crippen LogP contribution in [0.15, 0.2) is 65.1 Å². The maximum absolute atomic E-state index is 6.13. The first kappa shape index (κ1) is 16.7. The first-order valence-electron chi connectivity index (χ1n) is 9.34. The van der Waals surface area contributed by atoms with Crippen molar-refractivity contribution < 1.29 is 9.15 Å². The molecule has 0 radical (unpaired) electrons. The quantitative estimate of drug-likeness (QED) is 0.458. The van der Waals surface area contributed by atoms with Gasteiger partial charge in [0.2, 0.25) is 0 Å². The molecule has 0 saturated heterocycles. The maximum Gasteiger partial charge on any atom is 0.135 e. The van der Waals surface area contributed by atoms with Gasteiger partial charge in [0.15, 0.2) is 0 Å². The van der Waals surface area contributed by atoms with Crippen molar-refractivity contribution in [2.45, 2.75) is 25.4 Å². The van der Waals surface area contributed by atoms with Gasteiger partial charge in [0.1, 0.15) is 16.9 Å². The van der Waals surface area contributed by atoms with Gasteiger partial charge in [-0.15, -0.1) is 0 Å². The van der Waals surface area contributed by atoms with Gasteiger partial charge in [0.05, 0.1) is 6.61 Å². The molecular formula is C23H20ClNO2. The minimum absolute atomic E-state index is 0.261. The Labute approximate surface area is 162 Å². The van der Waals surface area contributed by atoms with E-state index < -0.39 is 0 Å². The minimum Gasteiger partial charge on any atom is -0.493 e. The molecule has 0 amide bonds. The van der Waals surface area contributed by atoms with Gasteiger partial charge in [-0.05, 0) is 48.7 Å². The van der Waals surface area contributed by atoms with Crippen molar-refractivity contribution in [1.29, 1.82) is 0 Å². The van der Waals surface area contributed by atoms with Crippen LogP contribution < -0.4 is 10.1 Å². The Balaban J connectivity index is 1.42. The van der Waals surface area contributed by atoms with E-state index in [2.05, 4.69) is 41.7 Å². The number of furan rings is 1. The van der Waals surface area contributed by atoms with Gasteiger partial charge in [0.25, 0.3) is 0 Å². The van der Waals surface area contributed by atoms with Crippen LogP contribution >= 0.6 is 11.6 Å². The van der Waals surface area contributed by atoms with E-state index >= 15 is 0 Å². The van der Waals surface area contributed by atoms with Crippen LogP contribution in [0.1, 0.15) is 30.0 Å². The summed E-state index contributed by atoms with van der Waals surface area (Å²) in [6.45, 7) is 1.53. The molecule has 27 heavy (non-hydrogen) atoms. The highest BCUT2D eigenvalue weighted by Crippen LogP contribution is 2.34. The summed E-state index contributed by atoms with van der Waals surface area (Å²) in [7, 11) is 0. The summed E-state index contributed by atoms with van der Waals surface area (Å²) in [5.74, 6) is 0.897. The number of halogens is 1. The van der Waals surface area contributed by atoms with Gasteiger partial charge in [0, 0.05) is 33.9 Å². The fourth-order valence-corrected chi connectivity index (χ4v) is 4.04. The van der Waals surface area contributed by atoms with Gasteiger partial charge >= 0.3 is 0 Å². The Morgan fingerprint density at radius 1 is 0.963 bits per heavy atom. The second kappa shape index (κ2) is 6.91. The van der Waals surface area contributed by atoms with Crippen LogP contribution in [0, 0.1) is 0 Å². The third kappa shape index (κ3) is 3.18. The van der Waals surface area contributed by atoms with Crippen molar-refractivity contribution >= 4 is 33.5 Å². The van der Waals surface area contributed by atoms with Crippen molar-refractivity contribution in [3.63, 3.8) is 0 Å². The number of benzene rings is 3. The Hall–Kier alpha value is -2.49. The van der Waals surface area contributed by atoms with Crippen LogP contribution in [0.25, 0.3) is 21.9 Å². The van der Waals surface area contributed by atoms with Gasteiger partial charge < -0.3 is 14.5 Å². The van der Waals surface area contributed by atoms with Gasteiger partial charge in [-0.3, -0.25) is 0 Å². The van der Waals surface area contributed by atoms with Crippen LogP contribution in [0.3, 0.4) is 0 Å². The maximum atomic E-state index is 6.13. The van der Waals surface area contributed by atoms with Crippen LogP contribution in [-0.4, -0.2) is 6.61 Å². The highest BCUT2D eigenvalue weighted by atomic mass is 35.5. The van der Waals surface area contributed by atoms with E-state index in [1.54, 1.807) is 0 Å². The van der Waals surface area contributed by atoms with E-state index in [-0.39, 0.29) is 6.04 Å². The van der Waals surface area contributed by atoms with E-state index in [4.69, 9.17) is 20.8 Å². The molecule has 0 saturated carbocycles. The lowest BCUT2D eigenvalue weighted by Gasteiger charge is -2.18. The standard InChI is InChI=1S/C23H20ClNO2/c24-16-8-9-18-20(5-3-11-26-23(18)13-16)25-14-15-7-10-22-19(12-15)17-4-1-2-6-21(17)27-22/h1-2,4,6-10,12-13,20,25H,3,5,11,14H2. The molecule has 0 spiro atoms. The molecule has 0 bridgehead atoms. The summed E-state index contributed by atoms with van der Waals surface area (Å²) in [5, 5.41) is 6.75. The van der Waals surface area contributed by atoms with Gasteiger partial charge in [-0.2, -0.15) is 0 Å². The SMILES string of the molecule is Clc1ccc2c(c1)OCCCC2NCc1ccc2oc3ccccc3c2c1.